The summed E-state index contributed by atoms with van der Waals surface area (Å²) in [4.78, 5) is 12.2. The van der Waals surface area contributed by atoms with E-state index in [1.807, 2.05) is 12.1 Å². The van der Waals surface area contributed by atoms with Crippen LogP contribution in [0.15, 0.2) is 24.3 Å². The average molecular weight is 269 g/mol. The summed E-state index contributed by atoms with van der Waals surface area (Å²) in [5, 5.41) is 15.1. The van der Waals surface area contributed by atoms with Crippen molar-refractivity contribution < 1.29 is 4.79 Å². The molecule has 1 aromatic carbocycles. The number of nitriles is 1. The quantitative estimate of drug-likeness (QED) is 0.875. The molecule has 104 valence electrons. The Morgan fingerprint density at radius 2 is 2.05 bits per heavy atom. The zero-order valence-corrected chi connectivity index (χ0v) is 11.5. The minimum Gasteiger partial charge on any atom is -0.352 e. The Hall–Kier alpha value is -1.86. The molecule has 20 heavy (non-hydrogen) atoms. The van der Waals surface area contributed by atoms with Crippen LogP contribution in [0.4, 0.5) is 0 Å². The van der Waals surface area contributed by atoms with E-state index in [2.05, 4.69) is 16.7 Å². The average Bonchev–Trinajstić information content (AvgIpc) is 3.19. The van der Waals surface area contributed by atoms with Crippen molar-refractivity contribution in [2.24, 2.45) is 11.3 Å². The van der Waals surface area contributed by atoms with E-state index in [0.717, 1.165) is 37.9 Å². The second-order valence-corrected chi connectivity index (χ2v) is 5.90. The van der Waals surface area contributed by atoms with Gasteiger partial charge in [-0.05, 0) is 55.5 Å². The number of carbonyl (C=O) groups is 1. The van der Waals surface area contributed by atoms with Gasteiger partial charge in [0.1, 0.15) is 0 Å². The van der Waals surface area contributed by atoms with Gasteiger partial charge in [0.25, 0.3) is 0 Å². The van der Waals surface area contributed by atoms with Gasteiger partial charge < -0.3 is 10.6 Å². The molecule has 1 unspecified atom stereocenters. The van der Waals surface area contributed by atoms with Crippen LogP contribution in [0.25, 0.3) is 0 Å². The Morgan fingerprint density at radius 3 is 2.70 bits per heavy atom. The Morgan fingerprint density at radius 1 is 1.35 bits per heavy atom. The number of rotatable bonds is 3. The van der Waals surface area contributed by atoms with Crippen LogP contribution in [0.3, 0.4) is 0 Å². The summed E-state index contributed by atoms with van der Waals surface area (Å²) in [6, 6.07) is 9.45. The SMILES string of the molecule is N#Cc1ccc(CNC(=O)C2CC23CCNCC3)cc1. The minimum atomic E-state index is 0.191. The molecule has 1 aliphatic heterocycles. The molecule has 1 aromatic rings. The molecule has 2 fully saturated rings. The second kappa shape index (κ2) is 5.26. The number of hydrogen-bond acceptors (Lipinski definition) is 3. The molecule has 1 atom stereocenters. The van der Waals surface area contributed by atoms with Crippen molar-refractivity contribution in [3.63, 3.8) is 0 Å². The highest BCUT2D eigenvalue weighted by atomic mass is 16.2. The first-order chi connectivity index (χ1) is 9.73. The van der Waals surface area contributed by atoms with E-state index in [0.29, 0.717) is 17.5 Å². The largest absolute Gasteiger partial charge is 0.352 e. The zero-order chi connectivity index (χ0) is 14.0. The first-order valence-electron chi connectivity index (χ1n) is 7.21. The second-order valence-electron chi connectivity index (χ2n) is 5.90. The van der Waals surface area contributed by atoms with Crippen molar-refractivity contribution in [3.8, 4) is 6.07 Å². The Kier molecular flexibility index (Phi) is 3.45. The van der Waals surface area contributed by atoms with E-state index >= 15 is 0 Å². The molecular weight excluding hydrogens is 250 g/mol. The first kappa shape index (κ1) is 13.1. The third-order valence-electron chi connectivity index (χ3n) is 4.66. The third-order valence-corrected chi connectivity index (χ3v) is 4.66. The number of nitrogens with one attached hydrogen (secondary N) is 2. The number of piperidine rings is 1. The molecule has 4 heteroatoms. The molecule has 1 heterocycles. The van der Waals surface area contributed by atoms with Crippen LogP contribution in [-0.2, 0) is 11.3 Å². The molecule has 0 aromatic heterocycles. The number of carbonyl (C=O) groups excluding carboxylic acids is 1. The zero-order valence-electron chi connectivity index (χ0n) is 11.5. The Bertz CT molecular complexity index is 538. The molecule has 1 spiro atoms. The fourth-order valence-corrected chi connectivity index (χ4v) is 3.21. The topological polar surface area (TPSA) is 64.9 Å². The lowest BCUT2D eigenvalue weighted by Crippen LogP contribution is -2.33. The van der Waals surface area contributed by atoms with Gasteiger partial charge >= 0.3 is 0 Å². The molecule has 1 amide bonds. The summed E-state index contributed by atoms with van der Waals surface area (Å²) in [5.41, 5.74) is 1.98. The summed E-state index contributed by atoms with van der Waals surface area (Å²) >= 11 is 0. The van der Waals surface area contributed by atoms with Crippen molar-refractivity contribution in [1.29, 1.82) is 5.26 Å². The van der Waals surface area contributed by atoms with Gasteiger partial charge in [0.15, 0.2) is 0 Å². The van der Waals surface area contributed by atoms with Crippen LogP contribution in [0, 0.1) is 22.7 Å². The predicted octanol–water partition coefficient (Wildman–Crippen LogP) is 1.56. The monoisotopic (exact) mass is 269 g/mol. The van der Waals surface area contributed by atoms with Crippen molar-refractivity contribution in [1.82, 2.24) is 10.6 Å². The number of amides is 1. The van der Waals surface area contributed by atoms with Crippen LogP contribution in [0.5, 0.6) is 0 Å². The van der Waals surface area contributed by atoms with Gasteiger partial charge in [-0.2, -0.15) is 5.26 Å². The smallest absolute Gasteiger partial charge is 0.223 e. The van der Waals surface area contributed by atoms with Crippen LogP contribution in [0.2, 0.25) is 0 Å². The van der Waals surface area contributed by atoms with Crippen LogP contribution in [-0.4, -0.2) is 19.0 Å². The van der Waals surface area contributed by atoms with Crippen LogP contribution >= 0.6 is 0 Å². The highest BCUT2D eigenvalue weighted by Crippen LogP contribution is 2.58. The molecule has 1 aliphatic carbocycles. The number of benzene rings is 1. The van der Waals surface area contributed by atoms with Crippen molar-refractivity contribution >= 4 is 5.91 Å². The molecule has 2 N–H and O–H groups in total. The molecular formula is C16H19N3O. The maximum atomic E-state index is 12.2. The van der Waals surface area contributed by atoms with Gasteiger partial charge in [0.2, 0.25) is 5.91 Å². The van der Waals surface area contributed by atoms with Crippen LogP contribution < -0.4 is 10.6 Å². The lowest BCUT2D eigenvalue weighted by atomic mass is 9.92. The van der Waals surface area contributed by atoms with Gasteiger partial charge in [-0.15, -0.1) is 0 Å². The Balaban J connectivity index is 1.51. The van der Waals surface area contributed by atoms with Crippen molar-refractivity contribution in [3.05, 3.63) is 35.4 Å². The van der Waals surface area contributed by atoms with E-state index < -0.39 is 0 Å². The summed E-state index contributed by atoms with van der Waals surface area (Å²) in [6.45, 7) is 2.63. The molecule has 0 bridgehead atoms. The Labute approximate surface area is 119 Å². The third kappa shape index (κ3) is 2.54. The van der Waals surface area contributed by atoms with Gasteiger partial charge in [-0.25, -0.2) is 0 Å². The molecule has 3 rings (SSSR count). The highest BCUT2D eigenvalue weighted by Gasteiger charge is 2.57. The van der Waals surface area contributed by atoms with E-state index in [1.54, 1.807) is 12.1 Å². The lowest BCUT2D eigenvalue weighted by molar-refractivity contribution is -0.123. The standard InChI is InChI=1S/C16H19N3O/c17-10-12-1-3-13(4-2-12)11-19-15(20)14-9-16(14)5-7-18-8-6-16/h1-4,14,18H,5-9,11H2,(H,19,20). The molecule has 4 nitrogen and oxygen atoms in total. The molecule has 1 saturated heterocycles. The summed E-state index contributed by atoms with van der Waals surface area (Å²) in [6.07, 6.45) is 3.30. The van der Waals surface area contributed by atoms with Gasteiger partial charge in [-0.1, -0.05) is 12.1 Å². The fourth-order valence-electron chi connectivity index (χ4n) is 3.21. The van der Waals surface area contributed by atoms with E-state index in [4.69, 9.17) is 5.26 Å². The lowest BCUT2D eigenvalue weighted by Gasteiger charge is -2.23. The van der Waals surface area contributed by atoms with Crippen LogP contribution in [0.1, 0.15) is 30.4 Å². The maximum absolute atomic E-state index is 12.2. The normalized spacial score (nSPS) is 23.1. The summed E-state index contributed by atoms with van der Waals surface area (Å²) in [7, 11) is 0. The fraction of sp³-hybridized carbons (Fsp3) is 0.500. The minimum absolute atomic E-state index is 0.191. The van der Waals surface area contributed by atoms with E-state index in [1.165, 1.54) is 0 Å². The number of nitrogens with zero attached hydrogens (tertiary/aromatic N) is 1. The molecule has 1 saturated carbocycles. The van der Waals surface area contributed by atoms with Crippen molar-refractivity contribution in [2.75, 3.05) is 13.1 Å². The maximum Gasteiger partial charge on any atom is 0.223 e. The predicted molar refractivity (Wildman–Crippen MR) is 75.6 cm³/mol. The van der Waals surface area contributed by atoms with E-state index in [-0.39, 0.29) is 11.8 Å². The van der Waals surface area contributed by atoms with Gasteiger partial charge in [0.05, 0.1) is 11.6 Å². The molecule has 2 aliphatic rings. The van der Waals surface area contributed by atoms with Crippen molar-refractivity contribution in [2.45, 2.75) is 25.8 Å². The number of hydrogen-bond donors (Lipinski definition) is 2. The van der Waals surface area contributed by atoms with Gasteiger partial charge in [0, 0.05) is 12.5 Å². The molecule has 0 radical (unpaired) electrons. The van der Waals surface area contributed by atoms with E-state index in [9.17, 15) is 4.79 Å². The first-order valence-corrected chi connectivity index (χ1v) is 7.21. The van der Waals surface area contributed by atoms with Gasteiger partial charge in [-0.3, -0.25) is 4.79 Å². The summed E-state index contributed by atoms with van der Waals surface area (Å²) in [5.74, 6) is 0.402. The summed E-state index contributed by atoms with van der Waals surface area (Å²) < 4.78 is 0. The highest BCUT2D eigenvalue weighted by molar-refractivity contribution is 5.82.